The van der Waals surface area contributed by atoms with Crippen LogP contribution in [0.2, 0.25) is 0 Å². The van der Waals surface area contributed by atoms with E-state index in [2.05, 4.69) is 36.2 Å². The van der Waals surface area contributed by atoms with E-state index in [0.717, 1.165) is 44.7 Å². The molecule has 3 rings (SSSR count). The van der Waals surface area contributed by atoms with Crippen LogP contribution in [0.1, 0.15) is 58.1 Å². The molecule has 0 aromatic heterocycles. The molecular weight excluding hydrogens is 402 g/mol. The lowest BCUT2D eigenvalue weighted by Gasteiger charge is -2.40. The molecule has 2 atom stereocenters. The van der Waals surface area contributed by atoms with E-state index in [0.29, 0.717) is 37.9 Å². The number of carbonyl (C=O) groups is 2. The molecule has 0 aliphatic carbocycles. The molecule has 2 aliphatic rings. The Bertz CT molecular complexity index is 756. The molecular formula is C26H41N3O3. The zero-order valence-corrected chi connectivity index (χ0v) is 20.3. The lowest BCUT2D eigenvalue weighted by molar-refractivity contribution is -0.142. The second-order valence-corrected chi connectivity index (χ2v) is 9.65. The van der Waals surface area contributed by atoms with Gasteiger partial charge in [-0.2, -0.15) is 0 Å². The van der Waals surface area contributed by atoms with Gasteiger partial charge >= 0.3 is 0 Å². The Hall–Kier alpha value is -1.92. The largest absolute Gasteiger partial charge is 0.379 e. The number of carbonyl (C=O) groups excluding carboxylic acids is 2. The van der Waals surface area contributed by atoms with Crippen LogP contribution in [0.25, 0.3) is 0 Å². The van der Waals surface area contributed by atoms with Gasteiger partial charge in [0, 0.05) is 45.1 Å². The fourth-order valence-electron chi connectivity index (χ4n) is 5.14. The smallest absolute Gasteiger partial charge is 0.243 e. The van der Waals surface area contributed by atoms with Gasteiger partial charge in [-0.05, 0) is 23.0 Å². The number of rotatable bonds is 9. The number of nitrogens with zero attached hydrogens (tertiary/aromatic N) is 2. The predicted molar refractivity (Wildman–Crippen MR) is 127 cm³/mol. The predicted octanol–water partition coefficient (Wildman–Crippen LogP) is 3.24. The molecule has 1 aromatic rings. The summed E-state index contributed by atoms with van der Waals surface area (Å²) in [4.78, 5) is 30.8. The molecule has 0 saturated carbocycles. The van der Waals surface area contributed by atoms with Gasteiger partial charge in [0.05, 0.1) is 13.2 Å². The minimum absolute atomic E-state index is 0.0270. The number of amides is 2. The van der Waals surface area contributed by atoms with Gasteiger partial charge in [-0.1, -0.05) is 64.8 Å². The topological polar surface area (TPSA) is 61.9 Å². The molecule has 1 fully saturated rings. The van der Waals surface area contributed by atoms with Crippen molar-refractivity contribution in [1.29, 1.82) is 0 Å². The first kappa shape index (κ1) is 24.7. The van der Waals surface area contributed by atoms with E-state index in [-0.39, 0.29) is 17.7 Å². The van der Waals surface area contributed by atoms with Crippen LogP contribution in [0, 0.1) is 11.8 Å². The molecule has 1 N–H and O–H groups in total. The summed E-state index contributed by atoms with van der Waals surface area (Å²) < 4.78 is 5.55. The SMILES string of the molecule is CCC(CC)C(CNC(=O)C1Cc2ccccc2CN1C(=O)CC(C)C)N1CCOCC1. The quantitative estimate of drug-likeness (QED) is 0.637. The highest BCUT2D eigenvalue weighted by atomic mass is 16.5. The summed E-state index contributed by atoms with van der Waals surface area (Å²) in [6.45, 7) is 13.0. The second kappa shape index (κ2) is 11.8. The maximum atomic E-state index is 13.4. The average Bonchev–Trinajstić information content (AvgIpc) is 2.80. The summed E-state index contributed by atoms with van der Waals surface area (Å²) in [6.07, 6.45) is 3.23. The van der Waals surface area contributed by atoms with Crippen molar-refractivity contribution < 1.29 is 14.3 Å². The molecule has 2 amide bonds. The summed E-state index contributed by atoms with van der Waals surface area (Å²) in [5.41, 5.74) is 2.32. The molecule has 0 bridgehead atoms. The third kappa shape index (κ3) is 6.10. The third-order valence-electron chi connectivity index (χ3n) is 7.05. The fourth-order valence-corrected chi connectivity index (χ4v) is 5.14. The highest BCUT2D eigenvalue weighted by molar-refractivity contribution is 5.88. The Morgan fingerprint density at radius 1 is 1.09 bits per heavy atom. The molecule has 0 radical (unpaired) electrons. The minimum Gasteiger partial charge on any atom is -0.379 e. The van der Waals surface area contributed by atoms with Crippen molar-refractivity contribution in [1.82, 2.24) is 15.1 Å². The molecule has 1 saturated heterocycles. The minimum atomic E-state index is -0.441. The molecule has 6 nitrogen and oxygen atoms in total. The molecule has 2 aliphatic heterocycles. The van der Waals surface area contributed by atoms with Crippen LogP contribution in [0.15, 0.2) is 24.3 Å². The van der Waals surface area contributed by atoms with Crippen LogP contribution in [-0.2, 0) is 27.3 Å². The monoisotopic (exact) mass is 443 g/mol. The van der Waals surface area contributed by atoms with E-state index in [1.165, 1.54) is 5.56 Å². The zero-order chi connectivity index (χ0) is 23.1. The van der Waals surface area contributed by atoms with Gasteiger partial charge in [0.25, 0.3) is 0 Å². The average molecular weight is 444 g/mol. The number of ether oxygens (including phenoxy) is 1. The first-order chi connectivity index (χ1) is 15.4. The van der Waals surface area contributed by atoms with Crippen LogP contribution in [0.5, 0.6) is 0 Å². The number of hydrogen-bond donors (Lipinski definition) is 1. The van der Waals surface area contributed by atoms with E-state index in [1.54, 1.807) is 4.90 Å². The van der Waals surface area contributed by atoms with Gasteiger partial charge in [-0.15, -0.1) is 0 Å². The standard InChI is InChI=1S/C26H41N3O3/c1-5-20(6-2)24(28-11-13-32-14-12-28)17-27-26(31)23-16-21-9-7-8-10-22(21)18-29(23)25(30)15-19(3)4/h7-10,19-20,23-24H,5-6,11-18H2,1-4H3,(H,27,31). The fraction of sp³-hybridized carbons (Fsp3) is 0.692. The molecule has 2 unspecified atom stereocenters. The summed E-state index contributed by atoms with van der Waals surface area (Å²) >= 11 is 0. The summed E-state index contributed by atoms with van der Waals surface area (Å²) in [5.74, 6) is 0.836. The molecule has 6 heteroatoms. The molecule has 32 heavy (non-hydrogen) atoms. The van der Waals surface area contributed by atoms with E-state index < -0.39 is 6.04 Å². The number of morpholine rings is 1. The zero-order valence-electron chi connectivity index (χ0n) is 20.3. The summed E-state index contributed by atoms with van der Waals surface area (Å²) in [7, 11) is 0. The molecule has 1 aromatic carbocycles. The van der Waals surface area contributed by atoms with E-state index in [4.69, 9.17) is 4.74 Å². The van der Waals surface area contributed by atoms with Crippen molar-refractivity contribution >= 4 is 11.8 Å². The van der Waals surface area contributed by atoms with E-state index >= 15 is 0 Å². The highest BCUT2D eigenvalue weighted by Crippen LogP contribution is 2.25. The maximum Gasteiger partial charge on any atom is 0.243 e. The van der Waals surface area contributed by atoms with Gasteiger partial charge in [0.2, 0.25) is 11.8 Å². The Morgan fingerprint density at radius 3 is 2.38 bits per heavy atom. The van der Waals surface area contributed by atoms with Crippen molar-refractivity contribution in [3.8, 4) is 0 Å². The van der Waals surface area contributed by atoms with Crippen molar-refractivity contribution in [3.63, 3.8) is 0 Å². The van der Waals surface area contributed by atoms with Crippen LogP contribution >= 0.6 is 0 Å². The van der Waals surface area contributed by atoms with Crippen LogP contribution in [-0.4, -0.2) is 66.5 Å². The first-order valence-electron chi connectivity index (χ1n) is 12.4. The van der Waals surface area contributed by atoms with Gasteiger partial charge in [0.1, 0.15) is 6.04 Å². The third-order valence-corrected chi connectivity index (χ3v) is 7.05. The lowest BCUT2D eigenvalue weighted by atomic mass is 9.91. The maximum absolute atomic E-state index is 13.4. The van der Waals surface area contributed by atoms with Crippen molar-refractivity contribution in [2.24, 2.45) is 11.8 Å². The Balaban J connectivity index is 1.74. The summed E-state index contributed by atoms with van der Waals surface area (Å²) in [5, 5.41) is 3.25. The van der Waals surface area contributed by atoms with Crippen molar-refractivity contribution in [2.45, 2.75) is 72.0 Å². The lowest BCUT2D eigenvalue weighted by Crippen LogP contribution is -2.56. The van der Waals surface area contributed by atoms with Crippen LogP contribution in [0.3, 0.4) is 0 Å². The Morgan fingerprint density at radius 2 is 1.75 bits per heavy atom. The molecule has 0 spiro atoms. The van der Waals surface area contributed by atoms with E-state index in [1.807, 2.05) is 26.0 Å². The number of benzene rings is 1. The van der Waals surface area contributed by atoms with E-state index in [9.17, 15) is 9.59 Å². The number of nitrogens with one attached hydrogen (secondary N) is 1. The Kier molecular flexibility index (Phi) is 9.11. The van der Waals surface area contributed by atoms with Gasteiger partial charge in [0.15, 0.2) is 0 Å². The van der Waals surface area contributed by atoms with Crippen molar-refractivity contribution in [3.05, 3.63) is 35.4 Å². The van der Waals surface area contributed by atoms with Gasteiger partial charge < -0.3 is 15.0 Å². The summed E-state index contributed by atoms with van der Waals surface area (Å²) in [6, 6.07) is 8.03. The number of fused-ring (bicyclic) bond motifs is 1. The van der Waals surface area contributed by atoms with Crippen LogP contribution in [0.4, 0.5) is 0 Å². The first-order valence-corrected chi connectivity index (χ1v) is 12.4. The van der Waals surface area contributed by atoms with Crippen molar-refractivity contribution in [2.75, 3.05) is 32.8 Å². The Labute approximate surface area is 193 Å². The van der Waals surface area contributed by atoms with Crippen LogP contribution < -0.4 is 5.32 Å². The molecule has 2 heterocycles. The number of hydrogen-bond acceptors (Lipinski definition) is 4. The van der Waals surface area contributed by atoms with Gasteiger partial charge in [-0.3, -0.25) is 14.5 Å². The second-order valence-electron chi connectivity index (χ2n) is 9.65. The van der Waals surface area contributed by atoms with Gasteiger partial charge in [-0.25, -0.2) is 0 Å². The highest BCUT2D eigenvalue weighted by Gasteiger charge is 2.35. The normalized spacial score (nSPS) is 20.3. The molecule has 178 valence electrons.